The molecule has 1 aromatic heterocycles. The number of benzene rings is 3. The van der Waals surface area contributed by atoms with Crippen molar-refractivity contribution < 1.29 is 4.79 Å². The average molecular weight is 430 g/mol. The van der Waals surface area contributed by atoms with Crippen LogP contribution in [0.15, 0.2) is 82.7 Å². The van der Waals surface area contributed by atoms with Gasteiger partial charge in [0.25, 0.3) is 5.56 Å². The van der Waals surface area contributed by atoms with Gasteiger partial charge < -0.3 is 5.32 Å². The van der Waals surface area contributed by atoms with Crippen LogP contribution in [0, 0.1) is 13.8 Å². The highest BCUT2D eigenvalue weighted by Crippen LogP contribution is 2.22. The van der Waals surface area contributed by atoms with Gasteiger partial charge in [-0.2, -0.15) is 0 Å². The van der Waals surface area contributed by atoms with E-state index < -0.39 is 0 Å². The van der Waals surface area contributed by atoms with Crippen molar-refractivity contribution in [2.45, 2.75) is 25.5 Å². The summed E-state index contributed by atoms with van der Waals surface area (Å²) in [4.78, 5) is 30.5. The topological polar surface area (TPSA) is 64.0 Å². The van der Waals surface area contributed by atoms with Crippen LogP contribution in [0.4, 0.5) is 5.69 Å². The van der Waals surface area contributed by atoms with Gasteiger partial charge in [-0.1, -0.05) is 72.4 Å². The Kier molecular flexibility index (Phi) is 6.18. The van der Waals surface area contributed by atoms with E-state index in [2.05, 4.69) is 5.32 Å². The SMILES string of the molecule is Cc1cccc(C)c1NC(=O)CSc1nc2ccccc2c(=O)n1Cc1ccccc1. The Morgan fingerprint density at radius 3 is 2.35 bits per heavy atom. The van der Waals surface area contributed by atoms with Gasteiger partial charge in [0.15, 0.2) is 5.16 Å². The molecule has 3 aromatic carbocycles. The van der Waals surface area contributed by atoms with Crippen molar-refractivity contribution in [1.82, 2.24) is 9.55 Å². The van der Waals surface area contributed by atoms with E-state index >= 15 is 0 Å². The number of hydrogen-bond acceptors (Lipinski definition) is 4. The molecule has 1 heterocycles. The highest BCUT2D eigenvalue weighted by Gasteiger charge is 2.14. The van der Waals surface area contributed by atoms with Gasteiger partial charge in [0.2, 0.25) is 5.91 Å². The number of fused-ring (bicyclic) bond motifs is 1. The minimum absolute atomic E-state index is 0.105. The zero-order valence-electron chi connectivity index (χ0n) is 17.5. The average Bonchev–Trinajstić information content (AvgIpc) is 2.78. The quantitative estimate of drug-likeness (QED) is 0.353. The molecular formula is C25H23N3O2S. The molecule has 0 radical (unpaired) electrons. The van der Waals surface area contributed by atoms with E-state index in [4.69, 9.17) is 4.98 Å². The van der Waals surface area contributed by atoms with Gasteiger partial charge in [-0.15, -0.1) is 0 Å². The number of para-hydroxylation sites is 2. The van der Waals surface area contributed by atoms with Crippen LogP contribution in [0.25, 0.3) is 10.9 Å². The molecule has 0 saturated carbocycles. The lowest BCUT2D eigenvalue weighted by Gasteiger charge is -2.14. The number of nitrogens with one attached hydrogen (secondary N) is 1. The van der Waals surface area contributed by atoms with Gasteiger partial charge in [0.05, 0.1) is 23.2 Å². The van der Waals surface area contributed by atoms with E-state index in [0.717, 1.165) is 22.4 Å². The molecule has 1 N–H and O–H groups in total. The number of anilines is 1. The standard InChI is InChI=1S/C25H23N3O2S/c1-17-9-8-10-18(2)23(17)27-22(29)16-31-25-26-21-14-7-6-13-20(21)24(30)28(25)15-19-11-4-3-5-12-19/h3-14H,15-16H2,1-2H3,(H,27,29). The van der Waals surface area contributed by atoms with E-state index in [9.17, 15) is 9.59 Å². The second kappa shape index (κ2) is 9.18. The van der Waals surface area contributed by atoms with Gasteiger partial charge in [0.1, 0.15) is 0 Å². The van der Waals surface area contributed by atoms with Crippen LogP contribution in [-0.4, -0.2) is 21.2 Å². The number of carbonyl (C=O) groups is 1. The smallest absolute Gasteiger partial charge is 0.262 e. The number of carbonyl (C=O) groups excluding carboxylic acids is 1. The molecule has 4 aromatic rings. The fraction of sp³-hybridized carbons (Fsp3) is 0.160. The molecule has 0 aliphatic carbocycles. The maximum atomic E-state index is 13.2. The first-order valence-corrected chi connectivity index (χ1v) is 11.0. The van der Waals surface area contributed by atoms with Crippen LogP contribution in [0.2, 0.25) is 0 Å². The van der Waals surface area contributed by atoms with Crippen LogP contribution in [0.3, 0.4) is 0 Å². The van der Waals surface area contributed by atoms with Crippen LogP contribution in [0.5, 0.6) is 0 Å². The predicted molar refractivity (Wildman–Crippen MR) is 127 cm³/mol. The first-order chi connectivity index (χ1) is 15.0. The maximum Gasteiger partial charge on any atom is 0.262 e. The van der Waals surface area contributed by atoms with E-state index in [0.29, 0.717) is 22.6 Å². The van der Waals surface area contributed by atoms with Crippen molar-refractivity contribution in [3.05, 3.63) is 99.8 Å². The molecule has 0 bridgehead atoms. The summed E-state index contributed by atoms with van der Waals surface area (Å²) in [6, 6.07) is 23.0. The Morgan fingerprint density at radius 1 is 0.935 bits per heavy atom. The molecule has 1 amide bonds. The minimum Gasteiger partial charge on any atom is -0.325 e. The van der Waals surface area contributed by atoms with Crippen molar-refractivity contribution >= 4 is 34.3 Å². The molecule has 0 spiro atoms. The predicted octanol–water partition coefficient (Wildman–Crippen LogP) is 4.79. The monoisotopic (exact) mass is 429 g/mol. The molecule has 6 heteroatoms. The molecule has 31 heavy (non-hydrogen) atoms. The lowest BCUT2D eigenvalue weighted by molar-refractivity contribution is -0.113. The van der Waals surface area contributed by atoms with Gasteiger partial charge in [-0.25, -0.2) is 4.98 Å². The third kappa shape index (κ3) is 4.70. The van der Waals surface area contributed by atoms with E-state index in [1.165, 1.54) is 11.8 Å². The third-order valence-electron chi connectivity index (χ3n) is 5.09. The van der Waals surface area contributed by atoms with Crippen molar-refractivity contribution in [1.29, 1.82) is 0 Å². The number of nitrogens with zero attached hydrogens (tertiary/aromatic N) is 2. The summed E-state index contributed by atoms with van der Waals surface area (Å²) in [7, 11) is 0. The molecule has 0 aliphatic rings. The highest BCUT2D eigenvalue weighted by molar-refractivity contribution is 7.99. The summed E-state index contributed by atoms with van der Waals surface area (Å²) in [5.74, 6) is 0.0314. The first-order valence-electron chi connectivity index (χ1n) is 10.1. The van der Waals surface area contributed by atoms with Gasteiger partial charge in [-0.05, 0) is 42.7 Å². The number of hydrogen-bond donors (Lipinski definition) is 1. The van der Waals surface area contributed by atoms with E-state index in [-0.39, 0.29) is 17.2 Å². The van der Waals surface area contributed by atoms with Crippen molar-refractivity contribution in [2.24, 2.45) is 0 Å². The summed E-state index contributed by atoms with van der Waals surface area (Å²) in [6.45, 7) is 4.34. The lowest BCUT2D eigenvalue weighted by Crippen LogP contribution is -2.25. The molecule has 0 unspecified atom stereocenters. The molecule has 0 saturated heterocycles. The third-order valence-corrected chi connectivity index (χ3v) is 6.06. The van der Waals surface area contributed by atoms with Crippen molar-refractivity contribution in [3.63, 3.8) is 0 Å². The normalized spacial score (nSPS) is 10.9. The molecule has 5 nitrogen and oxygen atoms in total. The number of thioether (sulfide) groups is 1. The lowest BCUT2D eigenvalue weighted by atomic mass is 10.1. The zero-order valence-corrected chi connectivity index (χ0v) is 18.3. The first kappa shape index (κ1) is 20.9. The maximum absolute atomic E-state index is 13.2. The summed E-state index contributed by atoms with van der Waals surface area (Å²) in [5.41, 5.74) is 4.40. The second-order valence-corrected chi connectivity index (χ2v) is 8.33. The number of aryl methyl sites for hydroxylation is 2. The largest absolute Gasteiger partial charge is 0.325 e. The van der Waals surface area contributed by atoms with E-state index in [1.54, 1.807) is 10.6 Å². The molecule has 4 rings (SSSR count). The Bertz CT molecular complexity index is 1280. The Labute approximate surface area is 185 Å². The van der Waals surface area contributed by atoms with Gasteiger partial charge >= 0.3 is 0 Å². The highest BCUT2D eigenvalue weighted by atomic mass is 32.2. The second-order valence-electron chi connectivity index (χ2n) is 7.39. The van der Waals surface area contributed by atoms with Crippen LogP contribution in [0.1, 0.15) is 16.7 Å². The van der Waals surface area contributed by atoms with Gasteiger partial charge in [0, 0.05) is 5.69 Å². The molecule has 0 fully saturated rings. The van der Waals surface area contributed by atoms with Crippen molar-refractivity contribution in [2.75, 3.05) is 11.1 Å². The van der Waals surface area contributed by atoms with Crippen molar-refractivity contribution in [3.8, 4) is 0 Å². The number of rotatable bonds is 6. The summed E-state index contributed by atoms with van der Waals surface area (Å²) in [6.07, 6.45) is 0. The Hall–Kier alpha value is -3.38. The van der Waals surface area contributed by atoms with Crippen LogP contribution < -0.4 is 10.9 Å². The molecule has 0 atom stereocenters. The Morgan fingerprint density at radius 2 is 1.61 bits per heavy atom. The van der Waals surface area contributed by atoms with Crippen LogP contribution in [-0.2, 0) is 11.3 Å². The van der Waals surface area contributed by atoms with Crippen LogP contribution >= 0.6 is 11.8 Å². The van der Waals surface area contributed by atoms with E-state index in [1.807, 2.05) is 80.6 Å². The fourth-order valence-electron chi connectivity index (χ4n) is 3.48. The summed E-state index contributed by atoms with van der Waals surface area (Å²) in [5, 5.41) is 4.10. The summed E-state index contributed by atoms with van der Waals surface area (Å²) < 4.78 is 1.65. The fourth-order valence-corrected chi connectivity index (χ4v) is 4.28. The minimum atomic E-state index is -0.129. The molecular weight excluding hydrogens is 406 g/mol. The number of aromatic nitrogens is 2. The van der Waals surface area contributed by atoms with Gasteiger partial charge in [-0.3, -0.25) is 14.2 Å². The molecule has 156 valence electrons. The number of amides is 1. The Balaban J connectivity index is 1.62. The zero-order chi connectivity index (χ0) is 21.8. The summed E-state index contributed by atoms with van der Waals surface area (Å²) >= 11 is 1.27. The molecule has 0 aliphatic heterocycles.